The summed E-state index contributed by atoms with van der Waals surface area (Å²) >= 11 is 0. The van der Waals surface area contributed by atoms with E-state index in [9.17, 15) is 15.2 Å². The minimum atomic E-state index is -0.806. The smallest absolute Gasteiger partial charge is 0.269 e. The van der Waals surface area contributed by atoms with Crippen molar-refractivity contribution in [3.63, 3.8) is 0 Å². The molecule has 0 heterocycles. The van der Waals surface area contributed by atoms with Crippen molar-refractivity contribution >= 4 is 5.91 Å². The summed E-state index contributed by atoms with van der Waals surface area (Å²) in [5.74, 6) is 0.325. The molecule has 0 aliphatic carbocycles. The molecule has 0 unspecified atom stereocenters. The van der Waals surface area contributed by atoms with Gasteiger partial charge in [-0.3, -0.25) is 10.2 Å². The van der Waals surface area contributed by atoms with Crippen molar-refractivity contribution in [2.75, 3.05) is 14.2 Å². The number of para-hydroxylation sites is 1. The number of rotatable bonds is 6. The third-order valence-electron chi connectivity index (χ3n) is 3.35. The lowest BCUT2D eigenvalue weighted by atomic mass is 10.1. The Labute approximate surface area is 139 Å². The number of carbonyl (C=O) groups excluding carboxylic acids is 1. The first-order valence-corrected chi connectivity index (χ1v) is 7.06. The molecule has 7 nitrogen and oxygen atoms in total. The van der Waals surface area contributed by atoms with Crippen LogP contribution in [0.15, 0.2) is 42.5 Å². The number of benzene rings is 2. The van der Waals surface area contributed by atoms with E-state index in [0.29, 0.717) is 17.1 Å². The number of phenolic OH excluding ortho intramolecular Hbond substituents is 1. The van der Waals surface area contributed by atoms with Crippen LogP contribution in [0.5, 0.6) is 17.2 Å². The lowest BCUT2D eigenvalue weighted by molar-refractivity contribution is 0.0926. The molecule has 124 valence electrons. The molecule has 0 saturated carbocycles. The van der Waals surface area contributed by atoms with Gasteiger partial charge in [-0.05, 0) is 29.8 Å². The van der Waals surface area contributed by atoms with Gasteiger partial charge >= 0.3 is 0 Å². The van der Waals surface area contributed by atoms with Gasteiger partial charge in [0, 0.05) is 0 Å². The third-order valence-corrected chi connectivity index (χ3v) is 3.35. The minimum Gasteiger partial charge on any atom is -0.507 e. The molecule has 0 aromatic heterocycles. The quantitative estimate of drug-likeness (QED) is 0.700. The molecule has 0 bridgehead atoms. The van der Waals surface area contributed by atoms with Gasteiger partial charge in [-0.1, -0.05) is 18.2 Å². The van der Waals surface area contributed by atoms with E-state index in [1.807, 2.05) is 6.07 Å². The fourth-order valence-electron chi connectivity index (χ4n) is 2.09. The largest absolute Gasteiger partial charge is 0.507 e. The molecule has 1 amide bonds. The molecule has 2 rings (SSSR count). The fourth-order valence-corrected chi connectivity index (χ4v) is 2.09. The van der Waals surface area contributed by atoms with E-state index in [-0.39, 0.29) is 11.3 Å². The molecular weight excluding hydrogens is 310 g/mol. The number of ether oxygens (including phenoxy) is 2. The molecule has 0 fully saturated rings. The highest BCUT2D eigenvalue weighted by Crippen LogP contribution is 2.29. The molecule has 0 spiro atoms. The van der Waals surface area contributed by atoms with Crippen LogP contribution in [-0.4, -0.2) is 25.2 Å². The predicted octanol–water partition coefficient (Wildman–Crippen LogP) is 1.91. The summed E-state index contributed by atoms with van der Waals surface area (Å²) in [5, 5.41) is 19.0. The number of aromatic hydroxyl groups is 1. The molecule has 3 N–H and O–H groups in total. The lowest BCUT2D eigenvalue weighted by Gasteiger charge is -2.15. The van der Waals surface area contributed by atoms with Gasteiger partial charge < -0.3 is 14.6 Å². The Hall–Kier alpha value is -3.24. The number of nitrogens with zero attached hydrogens (tertiary/aromatic N) is 1. The summed E-state index contributed by atoms with van der Waals surface area (Å²) < 4.78 is 10.3. The summed E-state index contributed by atoms with van der Waals surface area (Å²) in [6.45, 7) is 0. The Morgan fingerprint density at radius 1 is 1.17 bits per heavy atom. The monoisotopic (exact) mass is 327 g/mol. The van der Waals surface area contributed by atoms with Gasteiger partial charge in [-0.25, -0.2) is 5.43 Å². The number of phenols is 1. The first-order chi connectivity index (χ1) is 11.6. The first-order valence-electron chi connectivity index (χ1n) is 7.06. The highest BCUT2D eigenvalue weighted by molar-refractivity contribution is 5.96. The molecule has 24 heavy (non-hydrogen) atoms. The topological polar surface area (TPSA) is 104 Å². The Bertz CT molecular complexity index is 771. The van der Waals surface area contributed by atoms with Gasteiger partial charge in [-0.2, -0.15) is 5.26 Å². The van der Waals surface area contributed by atoms with Crippen LogP contribution in [0.4, 0.5) is 0 Å². The second-order valence-corrected chi connectivity index (χ2v) is 4.79. The highest BCUT2D eigenvalue weighted by Gasteiger charge is 2.16. The van der Waals surface area contributed by atoms with Crippen LogP contribution in [-0.2, 0) is 0 Å². The SMILES string of the molecule is COc1ccc([C@H](C#N)NNC(=O)c2ccccc2O)cc1OC. The Morgan fingerprint density at radius 3 is 2.50 bits per heavy atom. The number of amides is 1. The van der Waals surface area contributed by atoms with Crippen molar-refractivity contribution in [2.45, 2.75) is 6.04 Å². The molecule has 0 aliphatic heterocycles. The Kier molecular flexibility index (Phi) is 5.60. The van der Waals surface area contributed by atoms with E-state index in [1.54, 1.807) is 30.3 Å². The summed E-state index contributed by atoms with van der Waals surface area (Å²) in [6.07, 6.45) is 0. The molecule has 2 aromatic carbocycles. The maximum atomic E-state index is 12.1. The van der Waals surface area contributed by atoms with Crippen LogP contribution < -0.4 is 20.3 Å². The number of hydrogen-bond donors (Lipinski definition) is 3. The van der Waals surface area contributed by atoms with Crippen molar-refractivity contribution in [3.05, 3.63) is 53.6 Å². The van der Waals surface area contributed by atoms with Crippen molar-refractivity contribution in [1.82, 2.24) is 10.9 Å². The van der Waals surface area contributed by atoms with E-state index in [2.05, 4.69) is 10.9 Å². The maximum absolute atomic E-state index is 12.1. The standard InChI is InChI=1S/C17H17N3O4/c1-23-15-8-7-11(9-16(15)24-2)13(10-18)19-20-17(22)12-5-3-4-6-14(12)21/h3-9,13,19,21H,1-2H3,(H,20,22)/t13-/m0/s1. The summed E-state index contributed by atoms with van der Waals surface area (Å²) in [4.78, 5) is 12.1. The van der Waals surface area contributed by atoms with Crippen molar-refractivity contribution < 1.29 is 19.4 Å². The minimum absolute atomic E-state index is 0.106. The van der Waals surface area contributed by atoms with Gasteiger partial charge in [0.2, 0.25) is 0 Å². The number of hydrogen-bond acceptors (Lipinski definition) is 6. The van der Waals surface area contributed by atoms with Crippen LogP contribution in [0.2, 0.25) is 0 Å². The Morgan fingerprint density at radius 2 is 1.88 bits per heavy atom. The normalized spacial score (nSPS) is 11.2. The van der Waals surface area contributed by atoms with Crippen LogP contribution in [0.3, 0.4) is 0 Å². The lowest BCUT2D eigenvalue weighted by Crippen LogP contribution is -2.39. The summed E-state index contributed by atoms with van der Waals surface area (Å²) in [6, 6.07) is 12.4. The van der Waals surface area contributed by atoms with Crippen LogP contribution >= 0.6 is 0 Å². The van der Waals surface area contributed by atoms with E-state index in [0.717, 1.165) is 0 Å². The van der Waals surface area contributed by atoms with Crippen LogP contribution in [0.25, 0.3) is 0 Å². The van der Waals surface area contributed by atoms with Gasteiger partial charge in [-0.15, -0.1) is 0 Å². The fraction of sp³-hybridized carbons (Fsp3) is 0.176. The second-order valence-electron chi connectivity index (χ2n) is 4.79. The van der Waals surface area contributed by atoms with Gasteiger partial charge in [0.25, 0.3) is 5.91 Å². The van der Waals surface area contributed by atoms with Gasteiger partial charge in [0.15, 0.2) is 11.5 Å². The molecule has 0 saturated heterocycles. The third kappa shape index (κ3) is 3.74. The van der Waals surface area contributed by atoms with Gasteiger partial charge in [0.1, 0.15) is 11.8 Å². The highest BCUT2D eigenvalue weighted by atomic mass is 16.5. The summed E-state index contributed by atoms with van der Waals surface area (Å²) in [7, 11) is 3.01. The first kappa shape index (κ1) is 17.1. The van der Waals surface area contributed by atoms with Crippen LogP contribution in [0, 0.1) is 11.3 Å². The molecule has 0 radical (unpaired) electrons. The number of nitriles is 1. The number of methoxy groups -OCH3 is 2. The molecule has 0 aliphatic rings. The van der Waals surface area contributed by atoms with E-state index in [4.69, 9.17) is 9.47 Å². The second kappa shape index (κ2) is 7.85. The zero-order valence-corrected chi connectivity index (χ0v) is 13.2. The number of hydrazine groups is 1. The average molecular weight is 327 g/mol. The molecular formula is C17H17N3O4. The zero-order chi connectivity index (χ0) is 17.5. The number of carbonyl (C=O) groups is 1. The van der Waals surface area contributed by atoms with Crippen LogP contribution in [0.1, 0.15) is 22.0 Å². The van der Waals surface area contributed by atoms with E-state index in [1.165, 1.54) is 26.4 Å². The average Bonchev–Trinajstić information content (AvgIpc) is 2.62. The van der Waals surface area contributed by atoms with Crippen molar-refractivity contribution in [2.24, 2.45) is 0 Å². The molecule has 1 atom stereocenters. The zero-order valence-electron chi connectivity index (χ0n) is 13.2. The van der Waals surface area contributed by atoms with Crippen molar-refractivity contribution in [1.29, 1.82) is 5.26 Å². The van der Waals surface area contributed by atoms with E-state index < -0.39 is 11.9 Å². The van der Waals surface area contributed by atoms with Gasteiger partial charge in [0.05, 0.1) is 25.9 Å². The van der Waals surface area contributed by atoms with Crippen molar-refractivity contribution in [3.8, 4) is 23.3 Å². The number of nitrogens with one attached hydrogen (secondary N) is 2. The van der Waals surface area contributed by atoms with E-state index >= 15 is 0 Å². The molecule has 2 aromatic rings. The maximum Gasteiger partial charge on any atom is 0.269 e. The molecule has 7 heteroatoms. The Balaban J connectivity index is 2.12. The predicted molar refractivity (Wildman–Crippen MR) is 86.6 cm³/mol. The summed E-state index contributed by atoms with van der Waals surface area (Å²) in [5.41, 5.74) is 5.74.